The Kier molecular flexibility index (Phi) is 3.74. The maximum absolute atomic E-state index is 12.2. The number of likely N-dealkylation sites (tertiary alicyclic amines) is 1. The Balaban J connectivity index is 1.61. The molecule has 1 aliphatic heterocycles. The van der Waals surface area contributed by atoms with Gasteiger partial charge in [-0.05, 0) is 50.5 Å². The third kappa shape index (κ3) is 2.85. The molecule has 3 rings (SSSR count). The van der Waals surface area contributed by atoms with Crippen LogP contribution >= 0.6 is 0 Å². The van der Waals surface area contributed by atoms with Crippen molar-refractivity contribution in [1.82, 2.24) is 14.8 Å². The number of hydrogen-bond donors (Lipinski definition) is 1. The quantitative estimate of drug-likeness (QED) is 0.925. The summed E-state index contributed by atoms with van der Waals surface area (Å²) < 4.78 is 2.01. The molecule has 20 heavy (non-hydrogen) atoms. The monoisotopic (exact) mass is 271 g/mol. The first-order valence-electron chi connectivity index (χ1n) is 7.24. The number of hydrogen-bond acceptors (Lipinski definition) is 2. The summed E-state index contributed by atoms with van der Waals surface area (Å²) in [5.74, 6) is 0.112. The Morgan fingerprint density at radius 3 is 2.80 bits per heavy atom. The van der Waals surface area contributed by atoms with Crippen molar-refractivity contribution in [3.63, 3.8) is 0 Å². The first-order valence-corrected chi connectivity index (χ1v) is 7.24. The number of nitrogens with zero attached hydrogens (tertiary/aromatic N) is 2. The molecule has 2 heterocycles. The Hall–Kier alpha value is -1.81. The van der Waals surface area contributed by atoms with Crippen molar-refractivity contribution in [2.75, 3.05) is 20.1 Å². The molecule has 1 N–H and O–H groups in total. The zero-order valence-corrected chi connectivity index (χ0v) is 11.9. The van der Waals surface area contributed by atoms with Gasteiger partial charge in [0.2, 0.25) is 5.91 Å². The lowest BCUT2D eigenvalue weighted by molar-refractivity contribution is -0.122. The standard InChI is InChI=1S/C16H21N3O/c1-18-9-7-14(8-10-18)17-16(20)12-19-11-6-13-4-2-3-5-15(13)19/h2-6,11,14H,7-10,12H2,1H3,(H,17,20). The molecule has 0 radical (unpaired) electrons. The maximum atomic E-state index is 12.2. The molecule has 0 bridgehead atoms. The van der Waals surface area contributed by atoms with E-state index in [-0.39, 0.29) is 5.91 Å². The Bertz CT molecular complexity index is 597. The summed E-state index contributed by atoms with van der Waals surface area (Å²) in [6.45, 7) is 2.54. The summed E-state index contributed by atoms with van der Waals surface area (Å²) >= 11 is 0. The topological polar surface area (TPSA) is 37.3 Å². The maximum Gasteiger partial charge on any atom is 0.240 e. The fourth-order valence-electron chi connectivity index (χ4n) is 2.86. The molecule has 0 saturated carbocycles. The summed E-state index contributed by atoms with van der Waals surface area (Å²) in [5.41, 5.74) is 1.12. The van der Waals surface area contributed by atoms with Gasteiger partial charge in [0.15, 0.2) is 0 Å². The minimum Gasteiger partial charge on any atom is -0.352 e. The summed E-state index contributed by atoms with van der Waals surface area (Å²) in [6, 6.07) is 10.5. The van der Waals surface area contributed by atoms with Crippen molar-refractivity contribution in [3.8, 4) is 0 Å². The van der Waals surface area contributed by atoms with Crippen LogP contribution in [0.15, 0.2) is 36.5 Å². The molecule has 1 amide bonds. The van der Waals surface area contributed by atoms with E-state index in [0.717, 1.165) is 31.4 Å². The summed E-state index contributed by atoms with van der Waals surface area (Å²) in [7, 11) is 2.13. The third-order valence-corrected chi connectivity index (χ3v) is 4.08. The van der Waals surface area contributed by atoms with Crippen LogP contribution in [-0.4, -0.2) is 41.6 Å². The second-order valence-corrected chi connectivity index (χ2v) is 5.65. The third-order valence-electron chi connectivity index (χ3n) is 4.08. The van der Waals surface area contributed by atoms with Crippen LogP contribution in [0, 0.1) is 0 Å². The molecule has 4 nitrogen and oxygen atoms in total. The SMILES string of the molecule is CN1CCC(NC(=O)Cn2ccc3ccccc32)CC1. The zero-order chi connectivity index (χ0) is 13.9. The average molecular weight is 271 g/mol. The van der Waals surface area contributed by atoms with E-state index in [0.29, 0.717) is 12.6 Å². The number of para-hydroxylation sites is 1. The molecule has 1 aliphatic rings. The van der Waals surface area contributed by atoms with Crippen molar-refractivity contribution >= 4 is 16.8 Å². The van der Waals surface area contributed by atoms with Crippen molar-refractivity contribution in [2.45, 2.75) is 25.4 Å². The van der Waals surface area contributed by atoms with Gasteiger partial charge >= 0.3 is 0 Å². The van der Waals surface area contributed by atoms with Crippen molar-refractivity contribution in [1.29, 1.82) is 0 Å². The first-order chi connectivity index (χ1) is 9.72. The van der Waals surface area contributed by atoms with E-state index in [2.05, 4.69) is 35.5 Å². The van der Waals surface area contributed by atoms with Gasteiger partial charge in [0.1, 0.15) is 6.54 Å². The number of aromatic nitrogens is 1. The first kappa shape index (κ1) is 13.2. The molecule has 1 saturated heterocycles. The smallest absolute Gasteiger partial charge is 0.240 e. The van der Waals surface area contributed by atoms with Gasteiger partial charge in [0.05, 0.1) is 0 Å². The highest BCUT2D eigenvalue weighted by atomic mass is 16.2. The fraction of sp³-hybridized carbons (Fsp3) is 0.438. The van der Waals surface area contributed by atoms with Crippen LogP contribution < -0.4 is 5.32 Å². The predicted molar refractivity (Wildman–Crippen MR) is 80.6 cm³/mol. The lowest BCUT2D eigenvalue weighted by Gasteiger charge is -2.29. The van der Waals surface area contributed by atoms with Crippen molar-refractivity contribution in [3.05, 3.63) is 36.5 Å². The molecule has 0 unspecified atom stereocenters. The normalized spacial score (nSPS) is 17.4. The average Bonchev–Trinajstić information content (AvgIpc) is 2.85. The summed E-state index contributed by atoms with van der Waals surface area (Å²) in [6.07, 6.45) is 4.09. The van der Waals surface area contributed by atoms with Gasteiger partial charge in [-0.15, -0.1) is 0 Å². The van der Waals surface area contributed by atoms with E-state index in [4.69, 9.17) is 0 Å². The summed E-state index contributed by atoms with van der Waals surface area (Å²) in [5, 5.41) is 4.34. The van der Waals surface area contributed by atoms with E-state index >= 15 is 0 Å². The minimum atomic E-state index is 0.112. The molecule has 0 atom stereocenters. The number of carbonyl (C=O) groups excluding carboxylic acids is 1. The van der Waals surface area contributed by atoms with Crippen LogP contribution in [0.25, 0.3) is 10.9 Å². The van der Waals surface area contributed by atoms with E-state index in [1.54, 1.807) is 0 Å². The van der Waals surface area contributed by atoms with Gasteiger partial charge in [-0.25, -0.2) is 0 Å². The van der Waals surface area contributed by atoms with Gasteiger partial charge in [-0.3, -0.25) is 4.79 Å². The summed E-state index contributed by atoms with van der Waals surface area (Å²) in [4.78, 5) is 14.5. The molecular weight excluding hydrogens is 250 g/mol. The zero-order valence-electron chi connectivity index (χ0n) is 11.9. The van der Waals surface area contributed by atoms with E-state index < -0.39 is 0 Å². The van der Waals surface area contributed by atoms with Gasteiger partial charge in [-0.1, -0.05) is 18.2 Å². The molecular formula is C16H21N3O. The van der Waals surface area contributed by atoms with E-state index in [1.807, 2.05) is 22.9 Å². The molecule has 1 fully saturated rings. The fourth-order valence-corrected chi connectivity index (χ4v) is 2.86. The van der Waals surface area contributed by atoms with Crippen LogP contribution in [0.3, 0.4) is 0 Å². The van der Waals surface area contributed by atoms with E-state index in [1.165, 1.54) is 5.39 Å². The second kappa shape index (κ2) is 5.67. The van der Waals surface area contributed by atoms with Crippen LogP contribution in [0.1, 0.15) is 12.8 Å². The van der Waals surface area contributed by atoms with Gasteiger partial charge < -0.3 is 14.8 Å². The molecule has 0 spiro atoms. The van der Waals surface area contributed by atoms with Gasteiger partial charge in [-0.2, -0.15) is 0 Å². The van der Waals surface area contributed by atoms with Crippen LogP contribution in [0.4, 0.5) is 0 Å². The Labute approximate surface area is 119 Å². The van der Waals surface area contributed by atoms with Crippen molar-refractivity contribution < 1.29 is 4.79 Å². The molecule has 106 valence electrons. The number of benzene rings is 1. The predicted octanol–water partition coefficient (Wildman–Crippen LogP) is 1.85. The number of fused-ring (bicyclic) bond motifs is 1. The molecule has 4 heteroatoms. The molecule has 1 aromatic carbocycles. The molecule has 2 aromatic rings. The van der Waals surface area contributed by atoms with Gasteiger partial charge in [0, 0.05) is 17.8 Å². The number of amides is 1. The highest BCUT2D eigenvalue weighted by Crippen LogP contribution is 2.15. The van der Waals surface area contributed by atoms with Crippen LogP contribution in [-0.2, 0) is 11.3 Å². The minimum absolute atomic E-state index is 0.112. The lowest BCUT2D eigenvalue weighted by atomic mass is 10.1. The number of carbonyl (C=O) groups is 1. The second-order valence-electron chi connectivity index (χ2n) is 5.65. The number of piperidine rings is 1. The van der Waals surface area contributed by atoms with Crippen molar-refractivity contribution in [2.24, 2.45) is 0 Å². The van der Waals surface area contributed by atoms with E-state index in [9.17, 15) is 4.79 Å². The molecule has 1 aromatic heterocycles. The highest BCUT2D eigenvalue weighted by Gasteiger charge is 2.18. The largest absolute Gasteiger partial charge is 0.352 e. The molecule has 0 aliphatic carbocycles. The van der Waals surface area contributed by atoms with Crippen LogP contribution in [0.5, 0.6) is 0 Å². The number of rotatable bonds is 3. The van der Waals surface area contributed by atoms with Crippen LogP contribution in [0.2, 0.25) is 0 Å². The Morgan fingerprint density at radius 2 is 2.00 bits per heavy atom. The number of nitrogens with one attached hydrogen (secondary N) is 1. The highest BCUT2D eigenvalue weighted by molar-refractivity contribution is 5.83. The lowest BCUT2D eigenvalue weighted by Crippen LogP contribution is -2.44. The van der Waals surface area contributed by atoms with Gasteiger partial charge in [0.25, 0.3) is 0 Å². The Morgan fingerprint density at radius 1 is 1.25 bits per heavy atom.